The molecule has 0 spiro atoms. The molecule has 0 saturated carbocycles. The van der Waals surface area contributed by atoms with Gasteiger partial charge in [0.1, 0.15) is 5.82 Å². The Hall–Kier alpha value is -1.10. The Morgan fingerprint density at radius 1 is 1.50 bits per heavy atom. The number of aromatic amines is 1. The third-order valence-electron chi connectivity index (χ3n) is 1.81. The molecule has 0 saturated heterocycles. The molecule has 0 atom stereocenters. The molecule has 0 bridgehead atoms. The second-order valence-electron chi connectivity index (χ2n) is 2.76. The van der Waals surface area contributed by atoms with E-state index in [0.29, 0.717) is 17.9 Å². The normalized spacial score (nSPS) is 10.7. The average Bonchev–Trinajstić information content (AvgIpc) is 2.57. The summed E-state index contributed by atoms with van der Waals surface area (Å²) in [5.74, 6) is 0.154. The van der Waals surface area contributed by atoms with Crippen molar-refractivity contribution in [3.05, 3.63) is 24.0 Å². The minimum Gasteiger partial charge on any atom is -0.475 e. The van der Waals surface area contributed by atoms with Crippen LogP contribution >= 0.6 is 15.9 Å². The number of fused-ring (bicyclic) bond motifs is 1. The molecule has 0 aliphatic rings. The van der Waals surface area contributed by atoms with Gasteiger partial charge in [-0.25, -0.2) is 4.39 Å². The number of hydrogen-bond acceptors (Lipinski definition) is 2. The van der Waals surface area contributed by atoms with E-state index in [-0.39, 0.29) is 5.82 Å². The van der Waals surface area contributed by atoms with E-state index in [2.05, 4.69) is 26.1 Å². The monoisotopic (exact) mass is 258 g/mol. The second-order valence-corrected chi connectivity index (χ2v) is 3.55. The minimum atomic E-state index is -0.289. The highest BCUT2D eigenvalue weighted by atomic mass is 79.9. The minimum absolute atomic E-state index is 0.289. The van der Waals surface area contributed by atoms with Gasteiger partial charge in [-0.15, -0.1) is 5.10 Å². The van der Waals surface area contributed by atoms with Crippen LogP contribution < -0.4 is 4.74 Å². The number of rotatable bonds is 3. The summed E-state index contributed by atoms with van der Waals surface area (Å²) < 4.78 is 18.2. The quantitative estimate of drug-likeness (QED) is 0.860. The van der Waals surface area contributed by atoms with E-state index in [9.17, 15) is 4.39 Å². The number of aromatic nitrogens is 2. The lowest BCUT2D eigenvalue weighted by Gasteiger charge is -1.98. The van der Waals surface area contributed by atoms with Gasteiger partial charge in [-0.05, 0) is 18.2 Å². The van der Waals surface area contributed by atoms with Gasteiger partial charge in [0.25, 0.3) is 0 Å². The molecule has 5 heteroatoms. The van der Waals surface area contributed by atoms with Crippen LogP contribution in [0.4, 0.5) is 4.39 Å². The van der Waals surface area contributed by atoms with Gasteiger partial charge in [-0.3, -0.25) is 5.10 Å². The Bertz CT molecular complexity index is 443. The number of halogens is 2. The van der Waals surface area contributed by atoms with Gasteiger partial charge in [0.05, 0.1) is 17.5 Å². The van der Waals surface area contributed by atoms with Gasteiger partial charge in [0.15, 0.2) is 0 Å². The molecule has 74 valence electrons. The fourth-order valence-corrected chi connectivity index (χ4v) is 1.37. The summed E-state index contributed by atoms with van der Waals surface area (Å²) in [7, 11) is 0. The number of H-pyrrole nitrogens is 1. The topological polar surface area (TPSA) is 37.9 Å². The SMILES string of the molecule is Fc1ccc2[nH]nc(OCCBr)c2c1. The fraction of sp³-hybridized carbons (Fsp3) is 0.222. The summed E-state index contributed by atoms with van der Waals surface area (Å²) in [4.78, 5) is 0. The van der Waals surface area contributed by atoms with E-state index in [1.165, 1.54) is 12.1 Å². The van der Waals surface area contributed by atoms with Gasteiger partial charge >= 0.3 is 0 Å². The molecule has 2 rings (SSSR count). The predicted octanol–water partition coefficient (Wildman–Crippen LogP) is 2.48. The molecular weight excluding hydrogens is 251 g/mol. The molecule has 2 aromatic rings. The standard InChI is InChI=1S/C9H8BrFN2O/c10-3-4-14-9-7-5-6(11)1-2-8(7)12-13-9/h1-2,5H,3-4H2,(H,12,13). The van der Waals surface area contributed by atoms with Crippen molar-refractivity contribution in [2.75, 3.05) is 11.9 Å². The summed E-state index contributed by atoms with van der Waals surface area (Å²) >= 11 is 3.24. The molecule has 0 radical (unpaired) electrons. The van der Waals surface area contributed by atoms with E-state index in [4.69, 9.17) is 4.74 Å². The lowest BCUT2D eigenvalue weighted by atomic mass is 10.2. The van der Waals surface area contributed by atoms with Crippen molar-refractivity contribution in [3.8, 4) is 5.88 Å². The van der Waals surface area contributed by atoms with E-state index < -0.39 is 0 Å². The number of ether oxygens (including phenoxy) is 1. The van der Waals surface area contributed by atoms with Crippen LogP contribution in [-0.4, -0.2) is 22.1 Å². The van der Waals surface area contributed by atoms with Crippen molar-refractivity contribution in [1.82, 2.24) is 10.2 Å². The first-order valence-electron chi connectivity index (χ1n) is 4.13. The molecule has 1 heterocycles. The number of benzene rings is 1. The molecule has 0 unspecified atom stereocenters. The maximum atomic E-state index is 12.9. The molecule has 0 fully saturated rings. The Morgan fingerprint density at radius 2 is 2.36 bits per heavy atom. The molecule has 0 amide bonds. The van der Waals surface area contributed by atoms with Gasteiger partial charge in [-0.2, -0.15) is 0 Å². The summed E-state index contributed by atoms with van der Waals surface area (Å²) in [6.07, 6.45) is 0. The summed E-state index contributed by atoms with van der Waals surface area (Å²) in [5.41, 5.74) is 0.774. The molecule has 1 N–H and O–H groups in total. The van der Waals surface area contributed by atoms with Gasteiger partial charge in [-0.1, -0.05) is 15.9 Å². The van der Waals surface area contributed by atoms with Crippen LogP contribution in [0.1, 0.15) is 0 Å². The van der Waals surface area contributed by atoms with E-state index in [1.807, 2.05) is 0 Å². The summed E-state index contributed by atoms with van der Waals surface area (Å²) in [6, 6.07) is 4.43. The largest absolute Gasteiger partial charge is 0.475 e. The zero-order chi connectivity index (χ0) is 9.97. The number of alkyl halides is 1. The Kier molecular flexibility index (Phi) is 2.67. The molecule has 3 nitrogen and oxygen atoms in total. The van der Waals surface area contributed by atoms with Gasteiger partial charge in [0, 0.05) is 5.33 Å². The van der Waals surface area contributed by atoms with Gasteiger partial charge < -0.3 is 4.74 Å². The zero-order valence-corrected chi connectivity index (χ0v) is 8.84. The summed E-state index contributed by atoms with van der Waals surface area (Å²) in [5, 5.41) is 8.10. The van der Waals surface area contributed by atoms with E-state index in [0.717, 1.165) is 10.8 Å². The number of hydrogen-bond donors (Lipinski definition) is 1. The number of nitrogens with one attached hydrogen (secondary N) is 1. The molecule has 0 aliphatic carbocycles. The van der Waals surface area contributed by atoms with Crippen LogP contribution in [-0.2, 0) is 0 Å². The van der Waals surface area contributed by atoms with Crippen molar-refractivity contribution >= 4 is 26.8 Å². The van der Waals surface area contributed by atoms with Crippen LogP contribution in [0.3, 0.4) is 0 Å². The highest BCUT2D eigenvalue weighted by Crippen LogP contribution is 2.22. The lowest BCUT2D eigenvalue weighted by Crippen LogP contribution is -1.98. The van der Waals surface area contributed by atoms with Crippen LogP contribution in [0, 0.1) is 5.82 Å². The maximum Gasteiger partial charge on any atom is 0.240 e. The van der Waals surface area contributed by atoms with Crippen LogP contribution in [0.15, 0.2) is 18.2 Å². The van der Waals surface area contributed by atoms with Crippen molar-refractivity contribution in [2.24, 2.45) is 0 Å². The zero-order valence-electron chi connectivity index (χ0n) is 7.26. The van der Waals surface area contributed by atoms with Crippen molar-refractivity contribution < 1.29 is 9.13 Å². The third kappa shape index (κ3) is 1.72. The molecule has 0 aliphatic heterocycles. The smallest absolute Gasteiger partial charge is 0.240 e. The van der Waals surface area contributed by atoms with Crippen molar-refractivity contribution in [3.63, 3.8) is 0 Å². The Balaban J connectivity index is 2.40. The van der Waals surface area contributed by atoms with Crippen LogP contribution in [0.5, 0.6) is 5.88 Å². The summed E-state index contributed by atoms with van der Waals surface area (Å²) in [6.45, 7) is 0.510. The van der Waals surface area contributed by atoms with Crippen molar-refractivity contribution in [1.29, 1.82) is 0 Å². The number of nitrogens with zero attached hydrogens (tertiary/aromatic N) is 1. The fourth-order valence-electron chi connectivity index (χ4n) is 1.21. The van der Waals surface area contributed by atoms with Gasteiger partial charge in [0.2, 0.25) is 5.88 Å². The van der Waals surface area contributed by atoms with Crippen LogP contribution in [0.25, 0.3) is 10.9 Å². The highest BCUT2D eigenvalue weighted by Gasteiger charge is 2.06. The molecule has 14 heavy (non-hydrogen) atoms. The lowest BCUT2D eigenvalue weighted by molar-refractivity contribution is 0.334. The maximum absolute atomic E-state index is 12.9. The third-order valence-corrected chi connectivity index (χ3v) is 2.13. The van der Waals surface area contributed by atoms with E-state index in [1.54, 1.807) is 6.07 Å². The van der Waals surface area contributed by atoms with Crippen LogP contribution in [0.2, 0.25) is 0 Å². The second kappa shape index (κ2) is 3.96. The first kappa shape index (κ1) is 9.45. The Morgan fingerprint density at radius 3 is 3.14 bits per heavy atom. The van der Waals surface area contributed by atoms with Crippen molar-refractivity contribution in [2.45, 2.75) is 0 Å². The highest BCUT2D eigenvalue weighted by molar-refractivity contribution is 9.09. The first-order valence-corrected chi connectivity index (χ1v) is 5.26. The Labute approximate surface area is 88.4 Å². The first-order chi connectivity index (χ1) is 6.81. The molecule has 1 aromatic heterocycles. The molecule has 1 aromatic carbocycles. The molecular formula is C9H8BrFN2O. The average molecular weight is 259 g/mol. The van der Waals surface area contributed by atoms with E-state index >= 15 is 0 Å². The predicted molar refractivity (Wildman–Crippen MR) is 55.3 cm³/mol.